The Labute approximate surface area is 136 Å². The van der Waals surface area contributed by atoms with Gasteiger partial charge in [-0.2, -0.15) is 0 Å². The molecule has 1 heterocycles. The summed E-state index contributed by atoms with van der Waals surface area (Å²) in [4.78, 5) is 12.5. The van der Waals surface area contributed by atoms with E-state index in [9.17, 15) is 13.2 Å². The van der Waals surface area contributed by atoms with Crippen LogP contribution < -0.4 is 14.4 Å². The van der Waals surface area contributed by atoms with Gasteiger partial charge in [-0.25, -0.2) is 8.42 Å². The lowest BCUT2D eigenvalue weighted by Gasteiger charge is -2.34. The molecule has 1 fully saturated rings. The quantitative estimate of drug-likeness (QED) is 0.909. The second kappa shape index (κ2) is 6.39. The highest BCUT2D eigenvalue weighted by molar-refractivity contribution is 7.92. The van der Waals surface area contributed by atoms with Crippen LogP contribution in [0.2, 0.25) is 0 Å². The Balaban J connectivity index is 1.78. The number of rotatable bonds is 3. The number of sulfonamides is 1. The fourth-order valence-corrected chi connectivity index (χ4v) is 4.11. The molecule has 0 spiro atoms. The van der Waals surface area contributed by atoms with Crippen molar-refractivity contribution in [2.75, 3.05) is 17.1 Å². The molecule has 0 unspecified atom stereocenters. The number of hydrogen-bond donors (Lipinski definition) is 1. The van der Waals surface area contributed by atoms with Gasteiger partial charge in [-0.05, 0) is 25.0 Å². The third kappa shape index (κ3) is 3.60. The van der Waals surface area contributed by atoms with Gasteiger partial charge in [0.1, 0.15) is 5.75 Å². The predicted molar refractivity (Wildman–Crippen MR) is 88.1 cm³/mol. The first-order valence-corrected chi connectivity index (χ1v) is 9.84. The van der Waals surface area contributed by atoms with E-state index in [4.69, 9.17) is 4.74 Å². The first-order chi connectivity index (χ1) is 10.9. The molecule has 2 aliphatic rings. The largest absolute Gasteiger partial charge is 0.476 e. The van der Waals surface area contributed by atoms with Gasteiger partial charge >= 0.3 is 0 Å². The molecule has 6 nitrogen and oxygen atoms in total. The van der Waals surface area contributed by atoms with Crippen LogP contribution in [0.5, 0.6) is 5.75 Å². The number of amides is 1. The number of fused-ring (bicyclic) bond motifs is 1. The molecule has 0 aromatic heterocycles. The maximum atomic E-state index is 12.5. The fourth-order valence-electron chi connectivity index (χ4n) is 3.19. The summed E-state index contributed by atoms with van der Waals surface area (Å²) in [6, 6.07) is 7.06. The highest BCUT2D eigenvalue weighted by Gasteiger charge is 2.35. The van der Waals surface area contributed by atoms with Gasteiger partial charge < -0.3 is 10.1 Å². The zero-order chi connectivity index (χ0) is 16.4. The summed E-state index contributed by atoms with van der Waals surface area (Å²) in [6.45, 7) is 0.00833. The third-order valence-electron chi connectivity index (χ3n) is 4.38. The highest BCUT2D eigenvalue weighted by atomic mass is 32.2. The van der Waals surface area contributed by atoms with Crippen LogP contribution >= 0.6 is 0 Å². The van der Waals surface area contributed by atoms with E-state index in [1.54, 1.807) is 24.3 Å². The van der Waals surface area contributed by atoms with Gasteiger partial charge in [-0.15, -0.1) is 0 Å². The molecule has 126 valence electrons. The van der Waals surface area contributed by atoms with Crippen LogP contribution in [-0.4, -0.2) is 39.3 Å². The summed E-state index contributed by atoms with van der Waals surface area (Å²) in [5.41, 5.74) is 0.483. The zero-order valence-corrected chi connectivity index (χ0v) is 14.0. The van der Waals surface area contributed by atoms with Crippen LogP contribution in [0.1, 0.15) is 32.1 Å². The molecular weight excluding hydrogens is 316 g/mol. The maximum absolute atomic E-state index is 12.5. The predicted octanol–water partition coefficient (Wildman–Crippen LogP) is 1.66. The number of ether oxygens (including phenoxy) is 1. The molecule has 1 aromatic carbocycles. The van der Waals surface area contributed by atoms with Crippen LogP contribution in [-0.2, 0) is 14.8 Å². The molecular formula is C16H22N2O4S. The Morgan fingerprint density at radius 1 is 1.22 bits per heavy atom. The van der Waals surface area contributed by atoms with Crippen molar-refractivity contribution in [3.05, 3.63) is 24.3 Å². The summed E-state index contributed by atoms with van der Waals surface area (Å²) in [7, 11) is -3.47. The second-order valence-corrected chi connectivity index (χ2v) is 8.12. The molecule has 1 aromatic rings. The van der Waals surface area contributed by atoms with E-state index in [-0.39, 0.29) is 18.5 Å². The third-order valence-corrected chi connectivity index (χ3v) is 5.53. The van der Waals surface area contributed by atoms with E-state index in [0.717, 1.165) is 31.9 Å². The number of nitrogens with zero attached hydrogens (tertiary/aromatic N) is 1. The Bertz CT molecular complexity index is 683. The van der Waals surface area contributed by atoms with Crippen molar-refractivity contribution in [3.8, 4) is 5.75 Å². The van der Waals surface area contributed by atoms with Crippen molar-refractivity contribution in [2.24, 2.45) is 0 Å². The van der Waals surface area contributed by atoms with Crippen molar-refractivity contribution in [1.82, 2.24) is 5.32 Å². The molecule has 1 aliphatic heterocycles. The minimum absolute atomic E-state index is 0.00833. The number of hydrogen-bond acceptors (Lipinski definition) is 4. The number of para-hydroxylation sites is 2. The summed E-state index contributed by atoms with van der Waals surface area (Å²) in [6.07, 6.45) is 5.73. The van der Waals surface area contributed by atoms with Crippen LogP contribution in [0.25, 0.3) is 0 Å². The average Bonchev–Trinajstić information content (AvgIpc) is 2.54. The molecule has 1 saturated carbocycles. The lowest BCUT2D eigenvalue weighted by atomic mass is 9.95. The second-order valence-electron chi connectivity index (χ2n) is 6.21. The molecule has 1 amide bonds. The van der Waals surface area contributed by atoms with E-state index < -0.39 is 16.1 Å². The van der Waals surface area contributed by atoms with Crippen molar-refractivity contribution in [2.45, 2.75) is 44.2 Å². The molecule has 7 heteroatoms. The van der Waals surface area contributed by atoms with Crippen molar-refractivity contribution < 1.29 is 17.9 Å². The first-order valence-electron chi connectivity index (χ1n) is 7.99. The molecule has 1 N–H and O–H groups in total. The average molecular weight is 338 g/mol. The van der Waals surface area contributed by atoms with Gasteiger partial charge in [-0.3, -0.25) is 9.10 Å². The fraction of sp³-hybridized carbons (Fsp3) is 0.562. The first kappa shape index (κ1) is 16.1. The van der Waals surface area contributed by atoms with Gasteiger partial charge in [-0.1, -0.05) is 31.4 Å². The molecule has 3 rings (SSSR count). The Kier molecular flexibility index (Phi) is 4.48. The summed E-state index contributed by atoms with van der Waals surface area (Å²) >= 11 is 0. The summed E-state index contributed by atoms with van der Waals surface area (Å²) < 4.78 is 31.1. The number of carbonyl (C=O) groups is 1. The van der Waals surface area contributed by atoms with Crippen molar-refractivity contribution in [3.63, 3.8) is 0 Å². The smallest absolute Gasteiger partial charge is 0.263 e. The monoisotopic (exact) mass is 338 g/mol. The maximum Gasteiger partial charge on any atom is 0.263 e. The lowest BCUT2D eigenvalue weighted by Crippen LogP contribution is -2.52. The van der Waals surface area contributed by atoms with Crippen LogP contribution in [0.3, 0.4) is 0 Å². The molecule has 1 atom stereocenters. The van der Waals surface area contributed by atoms with Gasteiger partial charge in [0, 0.05) is 6.04 Å². The van der Waals surface area contributed by atoms with Crippen LogP contribution in [0.4, 0.5) is 5.69 Å². The van der Waals surface area contributed by atoms with Crippen molar-refractivity contribution in [1.29, 1.82) is 0 Å². The van der Waals surface area contributed by atoms with Gasteiger partial charge in [0.05, 0.1) is 18.5 Å². The summed E-state index contributed by atoms with van der Waals surface area (Å²) in [5.74, 6) is 0.188. The number of nitrogens with one attached hydrogen (secondary N) is 1. The number of anilines is 1. The minimum Gasteiger partial charge on any atom is -0.476 e. The Morgan fingerprint density at radius 2 is 1.91 bits per heavy atom. The molecule has 0 saturated heterocycles. The molecule has 23 heavy (non-hydrogen) atoms. The van der Waals surface area contributed by atoms with Gasteiger partial charge in [0.15, 0.2) is 6.10 Å². The zero-order valence-electron chi connectivity index (χ0n) is 13.2. The number of benzene rings is 1. The number of carbonyl (C=O) groups excluding carboxylic acids is 1. The van der Waals surface area contributed by atoms with E-state index in [1.165, 1.54) is 10.7 Å². The topological polar surface area (TPSA) is 75.7 Å². The van der Waals surface area contributed by atoms with E-state index in [2.05, 4.69) is 5.32 Å². The minimum atomic E-state index is -3.47. The molecule has 0 radical (unpaired) electrons. The van der Waals surface area contributed by atoms with Crippen LogP contribution in [0.15, 0.2) is 24.3 Å². The van der Waals surface area contributed by atoms with Crippen LogP contribution in [0, 0.1) is 0 Å². The summed E-state index contributed by atoms with van der Waals surface area (Å²) in [5, 5.41) is 3.01. The van der Waals surface area contributed by atoms with Crippen molar-refractivity contribution >= 4 is 21.6 Å². The highest BCUT2D eigenvalue weighted by Crippen LogP contribution is 2.34. The Morgan fingerprint density at radius 3 is 2.61 bits per heavy atom. The SMILES string of the molecule is CS(=O)(=O)N1C[C@H](C(=O)NC2CCCCC2)Oc2ccccc21. The standard InChI is InChI=1S/C16H22N2O4S/c1-23(20,21)18-11-15(22-14-10-6-5-9-13(14)18)16(19)17-12-7-3-2-4-8-12/h5-6,9-10,12,15H,2-4,7-8,11H2,1H3,(H,17,19)/t15-/m1/s1. The Hall–Kier alpha value is -1.76. The molecule has 1 aliphatic carbocycles. The lowest BCUT2D eigenvalue weighted by molar-refractivity contribution is -0.128. The normalized spacial score (nSPS) is 22.1. The molecule has 0 bridgehead atoms. The van der Waals surface area contributed by atoms with Gasteiger partial charge in [0.25, 0.3) is 5.91 Å². The van der Waals surface area contributed by atoms with Gasteiger partial charge in [0.2, 0.25) is 10.0 Å². The van der Waals surface area contributed by atoms with E-state index >= 15 is 0 Å². The van der Waals surface area contributed by atoms with E-state index in [0.29, 0.717) is 11.4 Å². The van der Waals surface area contributed by atoms with E-state index in [1.807, 2.05) is 0 Å².